The highest BCUT2D eigenvalue weighted by atomic mass is 79.9. The maximum Gasteiger partial charge on any atom is 0.0654 e. The second-order valence-corrected chi connectivity index (χ2v) is 5.03. The lowest BCUT2D eigenvalue weighted by Crippen LogP contribution is -2.25. The van der Waals surface area contributed by atoms with E-state index in [1.807, 2.05) is 6.20 Å². The number of hydrogen-bond acceptors (Lipinski definition) is 3. The zero-order chi connectivity index (χ0) is 10.3. The molecule has 4 nitrogen and oxygen atoms in total. The Balaban J connectivity index is 1.80. The Morgan fingerprint density at radius 1 is 1.40 bits per heavy atom. The third-order valence-corrected chi connectivity index (χ3v) is 3.31. The van der Waals surface area contributed by atoms with Crippen molar-refractivity contribution >= 4 is 21.6 Å². The Bertz CT molecular complexity index is 387. The van der Waals surface area contributed by atoms with Crippen molar-refractivity contribution in [2.75, 3.05) is 0 Å². The summed E-state index contributed by atoms with van der Waals surface area (Å²) >= 11 is 3.36. The minimum absolute atomic E-state index is 0.404. The summed E-state index contributed by atoms with van der Waals surface area (Å²) in [6.45, 7) is 0. The average Bonchev–Trinajstić information content (AvgIpc) is 2.74. The maximum atomic E-state index is 5.75. The fraction of sp³-hybridized carbons (Fsp3) is 0.600. The van der Waals surface area contributed by atoms with Crippen LogP contribution in [0.2, 0.25) is 0 Å². The first-order valence-corrected chi connectivity index (χ1v) is 6.01. The SMILES string of the molecule is Brc1cnn(N=C2CC3CCC(C2)O3)c1. The molecule has 0 amide bonds. The van der Waals surface area contributed by atoms with Crippen LogP contribution in [0.25, 0.3) is 0 Å². The van der Waals surface area contributed by atoms with E-state index in [9.17, 15) is 0 Å². The standard InChI is InChI=1S/C10H12BrN3O/c11-7-5-12-14(6-7)13-8-3-9-1-2-10(4-8)15-9/h5-6,9-10H,1-4H2. The molecule has 1 aromatic rings. The molecule has 1 aromatic heterocycles. The van der Waals surface area contributed by atoms with Gasteiger partial charge in [-0.1, -0.05) is 0 Å². The highest BCUT2D eigenvalue weighted by Gasteiger charge is 2.32. The van der Waals surface area contributed by atoms with Crippen molar-refractivity contribution < 1.29 is 4.74 Å². The van der Waals surface area contributed by atoms with Gasteiger partial charge in [0.1, 0.15) is 0 Å². The van der Waals surface area contributed by atoms with Gasteiger partial charge in [0, 0.05) is 18.6 Å². The molecule has 0 aliphatic carbocycles. The molecule has 3 heterocycles. The number of fused-ring (bicyclic) bond motifs is 2. The Morgan fingerprint density at radius 3 is 2.73 bits per heavy atom. The molecule has 5 heteroatoms. The Morgan fingerprint density at radius 2 is 2.13 bits per heavy atom. The van der Waals surface area contributed by atoms with Gasteiger partial charge in [0.05, 0.1) is 29.1 Å². The molecule has 0 radical (unpaired) electrons. The van der Waals surface area contributed by atoms with E-state index in [2.05, 4.69) is 26.1 Å². The summed E-state index contributed by atoms with van der Waals surface area (Å²) in [5.74, 6) is 0. The molecule has 0 aromatic carbocycles. The summed E-state index contributed by atoms with van der Waals surface area (Å²) in [4.78, 5) is 1.63. The molecule has 2 saturated heterocycles. The third kappa shape index (κ3) is 1.99. The number of halogens is 1. The van der Waals surface area contributed by atoms with Crippen molar-refractivity contribution in [1.82, 2.24) is 9.89 Å². The number of ether oxygens (including phenoxy) is 1. The van der Waals surface area contributed by atoms with Crippen LogP contribution in [0.4, 0.5) is 0 Å². The van der Waals surface area contributed by atoms with E-state index in [4.69, 9.17) is 4.74 Å². The summed E-state index contributed by atoms with van der Waals surface area (Å²) in [7, 11) is 0. The molecule has 80 valence electrons. The molecule has 2 aliphatic heterocycles. The van der Waals surface area contributed by atoms with Crippen LogP contribution in [-0.4, -0.2) is 27.8 Å². The lowest BCUT2D eigenvalue weighted by Gasteiger charge is -2.21. The lowest BCUT2D eigenvalue weighted by molar-refractivity contribution is 0.0401. The van der Waals surface area contributed by atoms with Gasteiger partial charge in [-0.05, 0) is 28.8 Å². The molecule has 2 aliphatic rings. The second kappa shape index (κ2) is 3.72. The summed E-state index contributed by atoms with van der Waals surface area (Å²) in [6, 6.07) is 0. The molecule has 0 N–H and O–H groups in total. The monoisotopic (exact) mass is 269 g/mol. The Kier molecular flexibility index (Phi) is 2.36. The fourth-order valence-corrected chi connectivity index (χ4v) is 2.54. The van der Waals surface area contributed by atoms with Gasteiger partial charge in [0.15, 0.2) is 0 Å². The van der Waals surface area contributed by atoms with E-state index in [1.165, 1.54) is 18.6 Å². The zero-order valence-corrected chi connectivity index (χ0v) is 9.85. The summed E-state index contributed by atoms with van der Waals surface area (Å²) in [5.41, 5.74) is 1.21. The first kappa shape index (κ1) is 9.54. The van der Waals surface area contributed by atoms with Gasteiger partial charge in [-0.2, -0.15) is 15.0 Å². The van der Waals surface area contributed by atoms with Crippen LogP contribution < -0.4 is 0 Å². The molecule has 15 heavy (non-hydrogen) atoms. The maximum absolute atomic E-state index is 5.75. The van der Waals surface area contributed by atoms with Crippen LogP contribution in [0.3, 0.4) is 0 Å². The van der Waals surface area contributed by atoms with Gasteiger partial charge in [-0.3, -0.25) is 0 Å². The summed E-state index contributed by atoms with van der Waals surface area (Å²) < 4.78 is 6.71. The molecule has 0 spiro atoms. The minimum Gasteiger partial charge on any atom is -0.374 e. The highest BCUT2D eigenvalue weighted by Crippen LogP contribution is 2.30. The van der Waals surface area contributed by atoms with Crippen LogP contribution in [0.5, 0.6) is 0 Å². The van der Waals surface area contributed by atoms with Gasteiger partial charge in [0.2, 0.25) is 0 Å². The van der Waals surface area contributed by atoms with Crippen molar-refractivity contribution in [2.24, 2.45) is 5.10 Å². The highest BCUT2D eigenvalue weighted by molar-refractivity contribution is 9.10. The van der Waals surface area contributed by atoms with Crippen molar-refractivity contribution in [2.45, 2.75) is 37.9 Å². The van der Waals surface area contributed by atoms with Crippen LogP contribution >= 0.6 is 15.9 Å². The predicted molar refractivity (Wildman–Crippen MR) is 59.9 cm³/mol. The molecule has 2 bridgehead atoms. The van der Waals surface area contributed by atoms with Gasteiger partial charge in [0.25, 0.3) is 0 Å². The molecular weight excluding hydrogens is 258 g/mol. The third-order valence-electron chi connectivity index (χ3n) is 2.90. The Labute approximate surface area is 96.4 Å². The van der Waals surface area contributed by atoms with E-state index < -0.39 is 0 Å². The normalized spacial score (nSPS) is 29.5. The van der Waals surface area contributed by atoms with Gasteiger partial charge < -0.3 is 4.74 Å². The molecular formula is C10H12BrN3O. The predicted octanol–water partition coefficient (Wildman–Crippen LogP) is 2.19. The summed E-state index contributed by atoms with van der Waals surface area (Å²) in [6.07, 6.45) is 8.73. The molecule has 2 unspecified atom stereocenters. The van der Waals surface area contributed by atoms with E-state index >= 15 is 0 Å². The zero-order valence-electron chi connectivity index (χ0n) is 8.27. The van der Waals surface area contributed by atoms with Gasteiger partial charge in [-0.25, -0.2) is 0 Å². The van der Waals surface area contributed by atoms with Crippen LogP contribution in [0, 0.1) is 0 Å². The summed E-state index contributed by atoms with van der Waals surface area (Å²) in [5, 5.41) is 8.61. The van der Waals surface area contributed by atoms with Crippen LogP contribution in [-0.2, 0) is 4.74 Å². The smallest absolute Gasteiger partial charge is 0.0654 e. The van der Waals surface area contributed by atoms with Crippen molar-refractivity contribution in [3.05, 3.63) is 16.9 Å². The van der Waals surface area contributed by atoms with E-state index in [0.29, 0.717) is 12.2 Å². The number of hydrogen-bond donors (Lipinski definition) is 0. The van der Waals surface area contributed by atoms with Crippen LogP contribution in [0.1, 0.15) is 25.7 Å². The van der Waals surface area contributed by atoms with Crippen molar-refractivity contribution in [3.63, 3.8) is 0 Å². The van der Waals surface area contributed by atoms with Crippen LogP contribution in [0.15, 0.2) is 22.0 Å². The first-order valence-electron chi connectivity index (χ1n) is 5.22. The molecule has 3 rings (SSSR count). The van der Waals surface area contributed by atoms with Gasteiger partial charge >= 0.3 is 0 Å². The first-order chi connectivity index (χ1) is 7.29. The van der Waals surface area contributed by atoms with E-state index in [-0.39, 0.29) is 0 Å². The number of rotatable bonds is 1. The molecule has 2 atom stereocenters. The lowest BCUT2D eigenvalue weighted by atomic mass is 10.1. The van der Waals surface area contributed by atoms with Crippen molar-refractivity contribution in [3.8, 4) is 0 Å². The second-order valence-electron chi connectivity index (χ2n) is 4.11. The Hall–Kier alpha value is -0.680. The molecule has 2 fully saturated rings. The number of aromatic nitrogens is 2. The quantitative estimate of drug-likeness (QED) is 0.784. The largest absolute Gasteiger partial charge is 0.374 e. The topological polar surface area (TPSA) is 39.4 Å². The van der Waals surface area contributed by atoms with Gasteiger partial charge in [-0.15, -0.1) is 0 Å². The number of nitrogens with zero attached hydrogens (tertiary/aromatic N) is 3. The van der Waals surface area contributed by atoms with E-state index in [0.717, 1.165) is 17.3 Å². The van der Waals surface area contributed by atoms with Crippen molar-refractivity contribution in [1.29, 1.82) is 0 Å². The minimum atomic E-state index is 0.404. The average molecular weight is 270 g/mol. The molecule has 0 saturated carbocycles. The van der Waals surface area contributed by atoms with E-state index in [1.54, 1.807) is 11.0 Å². The fourth-order valence-electron chi connectivity index (χ4n) is 2.26.